The Hall–Kier alpha value is -2.32. The minimum atomic E-state index is -0.115. The molecule has 1 heterocycles. The normalized spacial score (nSPS) is 11.1. The van der Waals surface area contributed by atoms with Gasteiger partial charge in [0.05, 0.1) is 10.8 Å². The lowest BCUT2D eigenvalue weighted by Gasteiger charge is -2.19. The third-order valence-electron chi connectivity index (χ3n) is 5.37. The molecule has 0 N–H and O–H groups in total. The quantitative estimate of drug-likeness (QED) is 0.150. The molecule has 1 aromatic heterocycles. The van der Waals surface area contributed by atoms with Gasteiger partial charge in [-0.3, -0.25) is 9.36 Å². The molecule has 0 fully saturated rings. The minimum absolute atomic E-state index is 0. The Morgan fingerprint density at radius 2 is 1.67 bits per heavy atom. The van der Waals surface area contributed by atoms with E-state index in [1.165, 1.54) is 17.3 Å². The van der Waals surface area contributed by atoms with Crippen LogP contribution < -0.4 is 4.74 Å². The van der Waals surface area contributed by atoms with Crippen molar-refractivity contribution in [3.05, 3.63) is 99.8 Å². The smallest absolute Gasteiger partial charge is 0.196 e. The lowest BCUT2D eigenvalue weighted by atomic mass is 9.87. The maximum atomic E-state index is 12.8. The van der Waals surface area contributed by atoms with Crippen molar-refractivity contribution in [2.45, 2.75) is 37.9 Å². The molecule has 0 aliphatic heterocycles. The van der Waals surface area contributed by atoms with E-state index in [1.54, 1.807) is 18.2 Å². The molecule has 0 unspecified atom stereocenters. The molecule has 0 aliphatic rings. The summed E-state index contributed by atoms with van der Waals surface area (Å²) in [7, 11) is 0. The van der Waals surface area contributed by atoms with Gasteiger partial charge in [-0.1, -0.05) is 86.1 Å². The highest BCUT2D eigenvalue weighted by molar-refractivity contribution is 8.93. The third-order valence-corrected chi connectivity index (χ3v) is 6.84. The van der Waals surface area contributed by atoms with Gasteiger partial charge in [-0.2, -0.15) is 0 Å². The number of hydrogen-bond donors (Lipinski definition) is 0. The van der Waals surface area contributed by atoms with Crippen LogP contribution in [0, 0.1) is 0 Å². The average molecular weight is 607 g/mol. The monoisotopic (exact) mass is 605 g/mol. The molecule has 9 heteroatoms. The van der Waals surface area contributed by atoms with Gasteiger partial charge in [-0.25, -0.2) is 0 Å². The minimum Gasteiger partial charge on any atom is -0.486 e. The van der Waals surface area contributed by atoms with Crippen LogP contribution in [0.1, 0.15) is 42.5 Å². The molecule has 0 saturated carbocycles. The van der Waals surface area contributed by atoms with Gasteiger partial charge in [0.2, 0.25) is 0 Å². The molecule has 0 atom stereocenters. The summed E-state index contributed by atoms with van der Waals surface area (Å²) < 4.78 is 7.94. The molecule has 0 saturated heterocycles. The van der Waals surface area contributed by atoms with Gasteiger partial charge >= 0.3 is 0 Å². The second-order valence-corrected chi connectivity index (χ2v) is 10.8. The molecule has 0 amide bonds. The fraction of sp³-hybridized carbons (Fsp3) is 0.222. The first-order valence-corrected chi connectivity index (χ1v) is 12.8. The van der Waals surface area contributed by atoms with E-state index in [0.29, 0.717) is 26.6 Å². The molecule has 36 heavy (non-hydrogen) atoms. The fourth-order valence-corrected chi connectivity index (χ4v) is 4.81. The highest BCUT2D eigenvalue weighted by Gasteiger charge is 2.19. The molecule has 0 radical (unpaired) electrons. The van der Waals surface area contributed by atoms with Crippen molar-refractivity contribution in [3.63, 3.8) is 0 Å². The van der Waals surface area contributed by atoms with Gasteiger partial charge in [-0.15, -0.1) is 27.2 Å². The number of benzene rings is 3. The SMILES string of the molecule is Br.CC(C)(C)c1ccc(OCc2nnc(SCC(=O)c3ccc(Cl)cc3Cl)n2-c2ccccc2)cc1. The Kier molecular flexibility index (Phi) is 9.64. The largest absolute Gasteiger partial charge is 0.486 e. The van der Waals surface area contributed by atoms with Crippen LogP contribution in [0.2, 0.25) is 10.0 Å². The predicted molar refractivity (Wildman–Crippen MR) is 153 cm³/mol. The van der Waals surface area contributed by atoms with Gasteiger partial charge < -0.3 is 4.74 Å². The van der Waals surface area contributed by atoms with Crippen LogP contribution in [0.3, 0.4) is 0 Å². The molecule has 3 aromatic carbocycles. The van der Waals surface area contributed by atoms with Crippen LogP contribution in [-0.2, 0) is 12.0 Å². The second-order valence-electron chi connectivity index (χ2n) is 8.97. The molecular formula is C27H26BrCl2N3O2S. The van der Waals surface area contributed by atoms with Gasteiger partial charge in [-0.05, 0) is 53.4 Å². The van der Waals surface area contributed by atoms with E-state index in [2.05, 4.69) is 43.1 Å². The summed E-state index contributed by atoms with van der Waals surface area (Å²) in [6, 6.07) is 22.7. The summed E-state index contributed by atoms with van der Waals surface area (Å²) in [5, 5.41) is 10.1. The third kappa shape index (κ3) is 6.91. The number of thioether (sulfide) groups is 1. The van der Waals surface area contributed by atoms with Crippen LogP contribution in [0.5, 0.6) is 5.75 Å². The lowest BCUT2D eigenvalue weighted by Crippen LogP contribution is -2.11. The summed E-state index contributed by atoms with van der Waals surface area (Å²) in [6.45, 7) is 6.76. The Balaban J connectivity index is 0.00000361. The van der Waals surface area contributed by atoms with E-state index < -0.39 is 0 Å². The number of ether oxygens (including phenoxy) is 1. The number of halogens is 3. The molecule has 4 rings (SSSR count). The van der Waals surface area contributed by atoms with Crippen LogP contribution in [0.15, 0.2) is 78.0 Å². The Morgan fingerprint density at radius 1 is 0.972 bits per heavy atom. The molecule has 4 aromatic rings. The number of nitrogens with zero attached hydrogens (tertiary/aromatic N) is 3. The molecule has 0 spiro atoms. The van der Waals surface area contributed by atoms with Crippen molar-refractivity contribution in [2.24, 2.45) is 0 Å². The first-order chi connectivity index (χ1) is 16.7. The van der Waals surface area contributed by atoms with E-state index in [4.69, 9.17) is 27.9 Å². The number of Topliss-reactive ketones (excluding diaryl/α,β-unsaturated/α-hetero) is 1. The standard InChI is InChI=1S/C27H25Cl2N3O2S.BrH/c1-27(2,3)18-9-12-21(13-10-18)34-16-25-30-31-26(32(25)20-7-5-4-6-8-20)35-17-24(33)22-14-11-19(28)15-23(22)29;/h4-15H,16-17H2,1-3H3;1H. The first kappa shape index (κ1) is 28.3. The number of carbonyl (C=O) groups is 1. The fourth-order valence-electron chi connectivity index (χ4n) is 3.45. The molecule has 0 aliphatic carbocycles. The Morgan fingerprint density at radius 3 is 2.31 bits per heavy atom. The summed E-state index contributed by atoms with van der Waals surface area (Å²) in [4.78, 5) is 12.8. The number of ketones is 1. The van der Waals surface area contributed by atoms with Gasteiger partial charge in [0, 0.05) is 16.3 Å². The highest BCUT2D eigenvalue weighted by atomic mass is 79.9. The van der Waals surface area contributed by atoms with Crippen molar-refractivity contribution in [2.75, 3.05) is 5.75 Å². The Labute approximate surface area is 236 Å². The predicted octanol–water partition coefficient (Wildman–Crippen LogP) is 8.00. The maximum Gasteiger partial charge on any atom is 0.196 e. The number of carbonyl (C=O) groups excluding carboxylic acids is 1. The number of aromatic nitrogens is 3. The van der Waals surface area contributed by atoms with Crippen LogP contribution in [0.4, 0.5) is 0 Å². The van der Waals surface area contributed by atoms with Crippen molar-refractivity contribution < 1.29 is 9.53 Å². The van der Waals surface area contributed by atoms with E-state index >= 15 is 0 Å². The number of rotatable bonds is 8. The zero-order valence-corrected chi connectivity index (χ0v) is 24.1. The lowest BCUT2D eigenvalue weighted by molar-refractivity contribution is 0.102. The molecular weight excluding hydrogens is 581 g/mol. The van der Waals surface area contributed by atoms with Crippen molar-refractivity contribution >= 4 is 57.7 Å². The van der Waals surface area contributed by atoms with Crippen molar-refractivity contribution in [3.8, 4) is 11.4 Å². The van der Waals surface area contributed by atoms with Gasteiger partial charge in [0.15, 0.2) is 16.8 Å². The number of hydrogen-bond acceptors (Lipinski definition) is 5. The molecule has 0 bridgehead atoms. The maximum absolute atomic E-state index is 12.8. The van der Waals surface area contributed by atoms with E-state index in [-0.39, 0.29) is 40.5 Å². The van der Waals surface area contributed by atoms with Crippen LogP contribution in [0.25, 0.3) is 5.69 Å². The second kappa shape index (κ2) is 12.3. The summed E-state index contributed by atoms with van der Waals surface area (Å²) in [5.41, 5.74) is 2.63. The van der Waals surface area contributed by atoms with E-state index in [9.17, 15) is 4.79 Å². The van der Waals surface area contributed by atoms with Gasteiger partial charge in [0.1, 0.15) is 12.4 Å². The summed E-state index contributed by atoms with van der Waals surface area (Å²) >= 11 is 13.5. The van der Waals surface area contributed by atoms with E-state index in [0.717, 1.165) is 11.4 Å². The first-order valence-electron chi connectivity index (χ1n) is 11.1. The van der Waals surface area contributed by atoms with Crippen molar-refractivity contribution in [1.82, 2.24) is 14.8 Å². The topological polar surface area (TPSA) is 57.0 Å². The summed E-state index contributed by atoms with van der Waals surface area (Å²) in [5.74, 6) is 1.43. The van der Waals surface area contributed by atoms with Crippen LogP contribution >= 0.6 is 51.9 Å². The average Bonchev–Trinajstić information content (AvgIpc) is 3.24. The zero-order chi connectivity index (χ0) is 25.0. The molecule has 188 valence electrons. The zero-order valence-electron chi connectivity index (χ0n) is 20.1. The van der Waals surface area contributed by atoms with Crippen LogP contribution in [-0.4, -0.2) is 26.3 Å². The van der Waals surface area contributed by atoms with E-state index in [1.807, 2.05) is 47.0 Å². The Bertz CT molecular complexity index is 1320. The van der Waals surface area contributed by atoms with Gasteiger partial charge in [0.25, 0.3) is 0 Å². The number of para-hydroxylation sites is 1. The molecule has 5 nitrogen and oxygen atoms in total. The van der Waals surface area contributed by atoms with Crippen molar-refractivity contribution in [1.29, 1.82) is 0 Å². The summed E-state index contributed by atoms with van der Waals surface area (Å²) in [6.07, 6.45) is 0. The highest BCUT2D eigenvalue weighted by Crippen LogP contribution is 2.28.